The van der Waals surface area contributed by atoms with Crippen LogP contribution in [0.3, 0.4) is 0 Å². The molecule has 3 rings (SSSR count). The van der Waals surface area contributed by atoms with Gasteiger partial charge in [-0.15, -0.1) is 0 Å². The standard InChI is InChI=1S/C19H33N5O3/c1-15(26-2)19-21-17(27-22-19)14-23-10-3-11-24(13-12-23)18(25)5-4-16-6-8-20-9-7-16/h15-16,20H,3-14H2,1-2H3. The van der Waals surface area contributed by atoms with E-state index in [2.05, 4.69) is 20.4 Å². The molecule has 1 atom stereocenters. The molecule has 0 spiro atoms. The van der Waals surface area contributed by atoms with Gasteiger partial charge in [0.25, 0.3) is 0 Å². The average molecular weight is 380 g/mol. The van der Waals surface area contributed by atoms with Crippen LogP contribution in [0.5, 0.6) is 0 Å². The number of nitrogens with zero attached hydrogens (tertiary/aromatic N) is 4. The van der Waals surface area contributed by atoms with Gasteiger partial charge in [0.05, 0.1) is 6.54 Å². The van der Waals surface area contributed by atoms with E-state index >= 15 is 0 Å². The minimum absolute atomic E-state index is 0.167. The van der Waals surface area contributed by atoms with Crippen molar-refractivity contribution in [2.45, 2.75) is 51.7 Å². The first kappa shape index (κ1) is 20.2. The maximum atomic E-state index is 12.6. The summed E-state index contributed by atoms with van der Waals surface area (Å²) in [5, 5.41) is 7.37. The number of aromatic nitrogens is 2. The van der Waals surface area contributed by atoms with Crippen LogP contribution >= 0.6 is 0 Å². The fraction of sp³-hybridized carbons (Fsp3) is 0.842. The first-order valence-electron chi connectivity index (χ1n) is 10.2. The van der Waals surface area contributed by atoms with Crippen LogP contribution in [0.15, 0.2) is 4.52 Å². The summed E-state index contributed by atoms with van der Waals surface area (Å²) in [5.41, 5.74) is 0. The number of hydrogen-bond donors (Lipinski definition) is 1. The lowest BCUT2D eigenvalue weighted by Crippen LogP contribution is -2.35. The van der Waals surface area contributed by atoms with Crippen molar-refractivity contribution in [1.29, 1.82) is 0 Å². The zero-order valence-electron chi connectivity index (χ0n) is 16.7. The maximum Gasteiger partial charge on any atom is 0.240 e. The molecule has 0 aromatic carbocycles. The monoisotopic (exact) mass is 379 g/mol. The zero-order valence-corrected chi connectivity index (χ0v) is 16.7. The van der Waals surface area contributed by atoms with Gasteiger partial charge in [0.1, 0.15) is 6.10 Å². The summed E-state index contributed by atoms with van der Waals surface area (Å²) < 4.78 is 10.6. The van der Waals surface area contributed by atoms with Crippen LogP contribution in [0.1, 0.15) is 56.8 Å². The van der Waals surface area contributed by atoms with E-state index in [-0.39, 0.29) is 6.10 Å². The van der Waals surface area contributed by atoms with Gasteiger partial charge in [-0.25, -0.2) is 0 Å². The topological polar surface area (TPSA) is 83.7 Å². The molecule has 152 valence electrons. The molecule has 2 fully saturated rings. The molecule has 2 saturated heterocycles. The molecule has 1 amide bonds. The molecule has 27 heavy (non-hydrogen) atoms. The molecule has 8 nitrogen and oxygen atoms in total. The fourth-order valence-electron chi connectivity index (χ4n) is 3.83. The van der Waals surface area contributed by atoms with Crippen molar-refractivity contribution in [2.75, 3.05) is 46.4 Å². The van der Waals surface area contributed by atoms with Crippen LogP contribution < -0.4 is 5.32 Å². The third-order valence-electron chi connectivity index (χ3n) is 5.73. The van der Waals surface area contributed by atoms with Gasteiger partial charge in [-0.1, -0.05) is 5.16 Å². The average Bonchev–Trinajstić information content (AvgIpc) is 3.04. The summed E-state index contributed by atoms with van der Waals surface area (Å²) in [6.07, 6.45) is 4.94. The molecule has 3 heterocycles. The summed E-state index contributed by atoms with van der Waals surface area (Å²) in [7, 11) is 1.63. The van der Waals surface area contributed by atoms with Gasteiger partial charge in [-0.3, -0.25) is 9.69 Å². The smallest absolute Gasteiger partial charge is 0.240 e. The lowest BCUT2D eigenvalue weighted by Gasteiger charge is -2.25. The van der Waals surface area contributed by atoms with Gasteiger partial charge in [-0.2, -0.15) is 4.98 Å². The molecule has 1 unspecified atom stereocenters. The van der Waals surface area contributed by atoms with Crippen molar-refractivity contribution in [2.24, 2.45) is 5.92 Å². The Morgan fingerprint density at radius 1 is 1.30 bits per heavy atom. The normalized spacial score (nSPS) is 21.2. The summed E-state index contributed by atoms with van der Waals surface area (Å²) in [5.74, 6) is 2.21. The number of methoxy groups -OCH3 is 1. The summed E-state index contributed by atoms with van der Waals surface area (Å²) in [6.45, 7) is 8.12. The maximum absolute atomic E-state index is 12.6. The van der Waals surface area contributed by atoms with Gasteiger partial charge in [0.15, 0.2) is 5.82 Å². The highest BCUT2D eigenvalue weighted by molar-refractivity contribution is 5.76. The van der Waals surface area contributed by atoms with E-state index < -0.39 is 0 Å². The van der Waals surface area contributed by atoms with E-state index in [4.69, 9.17) is 9.26 Å². The Hall–Kier alpha value is -1.51. The Labute approximate surface area is 161 Å². The summed E-state index contributed by atoms with van der Waals surface area (Å²) >= 11 is 0. The number of piperidine rings is 1. The second-order valence-corrected chi connectivity index (χ2v) is 7.67. The third-order valence-corrected chi connectivity index (χ3v) is 5.73. The van der Waals surface area contributed by atoms with E-state index in [0.717, 1.165) is 52.1 Å². The van der Waals surface area contributed by atoms with Crippen LogP contribution in [-0.2, 0) is 16.1 Å². The molecule has 1 N–H and O–H groups in total. The second kappa shape index (κ2) is 10.1. The van der Waals surface area contributed by atoms with E-state index in [9.17, 15) is 4.79 Å². The molecule has 0 bridgehead atoms. The van der Waals surface area contributed by atoms with Crippen LogP contribution in [0.4, 0.5) is 0 Å². The van der Waals surface area contributed by atoms with Gasteiger partial charge < -0.3 is 19.5 Å². The Morgan fingerprint density at radius 3 is 2.89 bits per heavy atom. The molecule has 0 saturated carbocycles. The minimum Gasteiger partial charge on any atom is -0.374 e. The number of nitrogens with one attached hydrogen (secondary N) is 1. The first-order valence-corrected chi connectivity index (χ1v) is 10.2. The van der Waals surface area contributed by atoms with Crippen molar-refractivity contribution in [1.82, 2.24) is 25.3 Å². The number of carbonyl (C=O) groups is 1. The van der Waals surface area contributed by atoms with Gasteiger partial charge in [-0.05, 0) is 51.6 Å². The molecule has 2 aliphatic heterocycles. The predicted octanol–water partition coefficient (Wildman–Crippen LogP) is 1.59. The van der Waals surface area contributed by atoms with Gasteiger partial charge >= 0.3 is 0 Å². The SMILES string of the molecule is COC(C)c1noc(CN2CCCN(C(=O)CCC3CCNCC3)CC2)n1. The van der Waals surface area contributed by atoms with Crippen LogP contribution in [-0.4, -0.2) is 72.2 Å². The summed E-state index contributed by atoms with van der Waals surface area (Å²) in [6, 6.07) is 0. The first-order chi connectivity index (χ1) is 13.2. The largest absolute Gasteiger partial charge is 0.374 e. The lowest BCUT2D eigenvalue weighted by molar-refractivity contribution is -0.131. The predicted molar refractivity (Wildman–Crippen MR) is 101 cm³/mol. The van der Waals surface area contributed by atoms with Crippen molar-refractivity contribution in [3.63, 3.8) is 0 Å². The van der Waals surface area contributed by atoms with Crippen molar-refractivity contribution >= 4 is 5.91 Å². The van der Waals surface area contributed by atoms with Crippen molar-refractivity contribution < 1.29 is 14.1 Å². The fourth-order valence-corrected chi connectivity index (χ4v) is 3.83. The Kier molecular flexibility index (Phi) is 7.60. The quantitative estimate of drug-likeness (QED) is 0.770. The molecular formula is C19H33N5O3. The van der Waals surface area contributed by atoms with Crippen LogP contribution in [0.2, 0.25) is 0 Å². The highest BCUT2D eigenvalue weighted by atomic mass is 16.5. The molecule has 2 aliphatic rings. The minimum atomic E-state index is -0.167. The Morgan fingerprint density at radius 2 is 2.11 bits per heavy atom. The van der Waals surface area contributed by atoms with Crippen LogP contribution in [0.25, 0.3) is 0 Å². The second-order valence-electron chi connectivity index (χ2n) is 7.67. The highest BCUT2D eigenvalue weighted by Gasteiger charge is 2.22. The van der Waals surface area contributed by atoms with E-state index in [1.54, 1.807) is 7.11 Å². The summed E-state index contributed by atoms with van der Waals surface area (Å²) in [4.78, 5) is 21.3. The molecular weight excluding hydrogens is 346 g/mol. The number of hydrogen-bond acceptors (Lipinski definition) is 7. The number of ether oxygens (including phenoxy) is 1. The molecule has 0 aliphatic carbocycles. The van der Waals surface area contributed by atoms with Crippen LogP contribution in [0, 0.1) is 5.92 Å². The lowest BCUT2D eigenvalue weighted by atomic mass is 9.93. The zero-order chi connectivity index (χ0) is 19.1. The molecule has 0 radical (unpaired) electrons. The third kappa shape index (κ3) is 5.99. The van der Waals surface area contributed by atoms with E-state index in [1.165, 1.54) is 12.8 Å². The number of amides is 1. The number of carbonyl (C=O) groups excluding carboxylic acids is 1. The van der Waals surface area contributed by atoms with Crippen molar-refractivity contribution in [3.05, 3.63) is 11.7 Å². The van der Waals surface area contributed by atoms with Gasteiger partial charge in [0.2, 0.25) is 11.8 Å². The Balaban J connectivity index is 1.42. The highest BCUT2D eigenvalue weighted by Crippen LogP contribution is 2.19. The van der Waals surface area contributed by atoms with E-state index in [1.807, 2.05) is 11.8 Å². The molecule has 8 heteroatoms. The van der Waals surface area contributed by atoms with Gasteiger partial charge in [0, 0.05) is 39.7 Å². The number of rotatable bonds is 7. The Bertz CT molecular complexity index is 588. The molecule has 1 aromatic rings. The van der Waals surface area contributed by atoms with E-state index in [0.29, 0.717) is 36.5 Å². The van der Waals surface area contributed by atoms with Crippen molar-refractivity contribution in [3.8, 4) is 0 Å². The molecule has 1 aromatic heterocycles.